The van der Waals surface area contributed by atoms with Crippen molar-refractivity contribution in [1.29, 1.82) is 0 Å². The van der Waals surface area contributed by atoms with Crippen molar-refractivity contribution in [2.75, 3.05) is 0 Å². The van der Waals surface area contributed by atoms with Crippen LogP contribution in [-0.2, 0) is 5.41 Å². The van der Waals surface area contributed by atoms with Gasteiger partial charge in [-0.05, 0) is 28.5 Å². The van der Waals surface area contributed by atoms with Gasteiger partial charge in [0.1, 0.15) is 0 Å². The fraction of sp³-hybridized carbons (Fsp3) is 0.130. The predicted octanol–water partition coefficient (Wildman–Crippen LogP) is 5.33. The standard InChI is InChI=1S/C23H21NS/c24-22(17-10-18-25-22)23(19-11-4-1-5-12-19,20-13-6-2-7-14-20)21-15-8-3-9-16-21/h1-16,18H,17,24H2. The number of nitrogens with two attached hydrogens (primary N) is 1. The monoisotopic (exact) mass is 343 g/mol. The van der Waals surface area contributed by atoms with Crippen molar-refractivity contribution < 1.29 is 0 Å². The highest BCUT2D eigenvalue weighted by atomic mass is 32.2. The maximum absolute atomic E-state index is 7.13. The van der Waals surface area contributed by atoms with E-state index in [4.69, 9.17) is 5.73 Å². The van der Waals surface area contributed by atoms with Crippen LogP contribution < -0.4 is 5.73 Å². The van der Waals surface area contributed by atoms with Gasteiger partial charge in [-0.25, -0.2) is 0 Å². The van der Waals surface area contributed by atoms with Gasteiger partial charge in [0.15, 0.2) is 0 Å². The van der Waals surface area contributed by atoms with Crippen LogP contribution in [0.3, 0.4) is 0 Å². The maximum Gasteiger partial charge on any atom is 0.0875 e. The van der Waals surface area contributed by atoms with Gasteiger partial charge in [-0.1, -0.05) is 97.1 Å². The normalized spacial score (nSPS) is 19.9. The molecule has 1 atom stereocenters. The molecule has 0 aromatic heterocycles. The molecule has 0 aliphatic carbocycles. The number of hydrogen-bond donors (Lipinski definition) is 1. The SMILES string of the molecule is NC1(C(c2ccccc2)(c2ccccc2)c2ccccc2)CC=CS1. The predicted molar refractivity (Wildman–Crippen MR) is 107 cm³/mol. The van der Waals surface area contributed by atoms with Crippen LogP contribution in [0.1, 0.15) is 23.1 Å². The number of hydrogen-bond acceptors (Lipinski definition) is 2. The molecule has 0 bridgehead atoms. The maximum atomic E-state index is 7.13. The lowest BCUT2D eigenvalue weighted by atomic mass is 9.63. The van der Waals surface area contributed by atoms with Crippen LogP contribution in [0, 0.1) is 0 Å². The summed E-state index contributed by atoms with van der Waals surface area (Å²) in [4.78, 5) is -0.475. The van der Waals surface area contributed by atoms with Crippen molar-refractivity contribution >= 4 is 11.8 Å². The summed E-state index contributed by atoms with van der Waals surface area (Å²) in [6.07, 6.45) is 3.02. The molecule has 3 aromatic rings. The van der Waals surface area contributed by atoms with E-state index in [1.165, 1.54) is 16.7 Å². The van der Waals surface area contributed by atoms with Crippen molar-refractivity contribution in [3.8, 4) is 0 Å². The Morgan fingerprint density at radius 2 is 1.08 bits per heavy atom. The Bertz CT molecular complexity index is 752. The Labute approximate surface area is 153 Å². The summed E-state index contributed by atoms with van der Waals surface area (Å²) in [5, 5.41) is 2.14. The molecule has 1 unspecified atom stereocenters. The van der Waals surface area contributed by atoms with Crippen molar-refractivity contribution in [2.45, 2.75) is 16.7 Å². The second-order valence-corrected chi connectivity index (χ2v) is 7.67. The first-order valence-electron chi connectivity index (χ1n) is 8.56. The lowest BCUT2D eigenvalue weighted by molar-refractivity contribution is 0.439. The second kappa shape index (κ2) is 6.55. The van der Waals surface area contributed by atoms with Gasteiger partial charge in [-0.15, -0.1) is 11.8 Å². The highest BCUT2D eigenvalue weighted by Gasteiger charge is 2.53. The summed E-state index contributed by atoms with van der Waals surface area (Å²) < 4.78 is 0. The molecular formula is C23H21NS. The molecule has 1 heterocycles. The quantitative estimate of drug-likeness (QED) is 0.648. The third-order valence-corrected chi connectivity index (χ3v) is 6.27. The molecule has 1 nitrogen and oxygen atoms in total. The Balaban J connectivity index is 2.09. The van der Waals surface area contributed by atoms with Crippen molar-refractivity contribution in [3.63, 3.8) is 0 Å². The van der Waals surface area contributed by atoms with Gasteiger partial charge in [-0.2, -0.15) is 0 Å². The smallest absolute Gasteiger partial charge is 0.0875 e. The Morgan fingerprint density at radius 3 is 1.40 bits per heavy atom. The number of benzene rings is 3. The lowest BCUT2D eigenvalue weighted by Gasteiger charge is -2.47. The minimum Gasteiger partial charge on any atom is -0.315 e. The zero-order chi connectivity index (χ0) is 17.2. The van der Waals surface area contributed by atoms with E-state index in [9.17, 15) is 0 Å². The second-order valence-electron chi connectivity index (χ2n) is 6.43. The van der Waals surface area contributed by atoms with Crippen LogP contribution in [0.25, 0.3) is 0 Å². The van der Waals surface area contributed by atoms with Gasteiger partial charge >= 0.3 is 0 Å². The van der Waals surface area contributed by atoms with Gasteiger partial charge in [0, 0.05) is 0 Å². The molecule has 0 fully saturated rings. The summed E-state index contributed by atoms with van der Waals surface area (Å²) in [7, 11) is 0. The third kappa shape index (κ3) is 2.53. The van der Waals surface area contributed by atoms with Crippen molar-refractivity contribution in [3.05, 3.63) is 119 Å². The van der Waals surface area contributed by atoms with E-state index in [1.807, 2.05) is 0 Å². The van der Waals surface area contributed by atoms with Gasteiger partial charge in [0.25, 0.3) is 0 Å². The summed E-state index contributed by atoms with van der Waals surface area (Å²) in [6, 6.07) is 32.0. The van der Waals surface area contributed by atoms with E-state index >= 15 is 0 Å². The summed E-state index contributed by atoms with van der Waals surface area (Å²) >= 11 is 1.73. The summed E-state index contributed by atoms with van der Waals surface area (Å²) in [5.41, 5.74) is 10.4. The topological polar surface area (TPSA) is 26.0 Å². The van der Waals surface area contributed by atoms with Gasteiger partial charge in [0.05, 0.1) is 10.3 Å². The van der Waals surface area contributed by atoms with Crippen LogP contribution >= 0.6 is 11.8 Å². The number of rotatable bonds is 4. The average Bonchev–Trinajstić information content (AvgIpc) is 3.13. The number of thioether (sulfide) groups is 1. The van der Waals surface area contributed by atoms with Gasteiger partial charge < -0.3 is 5.73 Å². The van der Waals surface area contributed by atoms with Gasteiger partial charge in [0.2, 0.25) is 0 Å². The van der Waals surface area contributed by atoms with Crippen molar-refractivity contribution in [2.24, 2.45) is 5.73 Å². The fourth-order valence-corrected chi connectivity index (χ4v) is 5.14. The molecule has 124 valence electrons. The highest BCUT2D eigenvalue weighted by molar-refractivity contribution is 8.03. The van der Waals surface area contributed by atoms with Crippen LogP contribution in [0.5, 0.6) is 0 Å². The van der Waals surface area contributed by atoms with E-state index in [-0.39, 0.29) is 0 Å². The summed E-state index contributed by atoms with van der Waals surface area (Å²) in [6.45, 7) is 0. The average molecular weight is 343 g/mol. The Morgan fingerprint density at radius 1 is 0.680 bits per heavy atom. The van der Waals surface area contributed by atoms with E-state index in [0.29, 0.717) is 0 Å². The molecule has 1 aliphatic heterocycles. The largest absolute Gasteiger partial charge is 0.315 e. The molecule has 25 heavy (non-hydrogen) atoms. The molecule has 0 spiro atoms. The zero-order valence-electron chi connectivity index (χ0n) is 14.0. The molecule has 2 N–H and O–H groups in total. The van der Waals surface area contributed by atoms with Crippen LogP contribution in [0.2, 0.25) is 0 Å². The molecule has 0 saturated carbocycles. The van der Waals surface area contributed by atoms with Crippen LogP contribution in [0.4, 0.5) is 0 Å². The first kappa shape index (κ1) is 16.2. The molecule has 3 aromatic carbocycles. The first-order valence-corrected chi connectivity index (χ1v) is 9.44. The molecule has 4 rings (SSSR count). The van der Waals surface area contributed by atoms with E-state index in [2.05, 4.69) is 102 Å². The minimum atomic E-state index is -0.475. The molecule has 0 radical (unpaired) electrons. The van der Waals surface area contributed by atoms with Crippen LogP contribution in [0.15, 0.2) is 102 Å². The zero-order valence-corrected chi connectivity index (χ0v) is 14.8. The minimum absolute atomic E-state index is 0.426. The van der Waals surface area contributed by atoms with E-state index in [1.54, 1.807) is 11.8 Å². The molecule has 0 amide bonds. The van der Waals surface area contributed by atoms with E-state index < -0.39 is 10.3 Å². The lowest BCUT2D eigenvalue weighted by Crippen LogP contribution is -2.56. The Hall–Kier alpha value is -2.29. The Kier molecular flexibility index (Phi) is 4.24. The molecular weight excluding hydrogens is 322 g/mol. The molecule has 0 saturated heterocycles. The van der Waals surface area contributed by atoms with Crippen molar-refractivity contribution in [1.82, 2.24) is 0 Å². The van der Waals surface area contributed by atoms with Crippen LogP contribution in [-0.4, -0.2) is 4.87 Å². The summed E-state index contributed by atoms with van der Waals surface area (Å²) in [5.74, 6) is 0. The molecule has 2 heteroatoms. The highest BCUT2D eigenvalue weighted by Crippen LogP contribution is 2.54. The molecule has 1 aliphatic rings. The first-order chi connectivity index (χ1) is 12.3. The van der Waals surface area contributed by atoms with E-state index in [0.717, 1.165) is 6.42 Å². The van der Waals surface area contributed by atoms with Gasteiger partial charge in [-0.3, -0.25) is 0 Å². The third-order valence-electron chi connectivity index (χ3n) is 5.05. The fourth-order valence-electron chi connectivity index (χ4n) is 3.98.